The number of rotatable bonds is 14. The van der Waals surface area contributed by atoms with Crippen LogP contribution in [-0.2, 0) is 0 Å². The van der Waals surface area contributed by atoms with Gasteiger partial charge in [-0.3, -0.25) is 0 Å². The van der Waals surface area contributed by atoms with Crippen molar-refractivity contribution in [3.05, 3.63) is 48.5 Å². The molecule has 0 saturated heterocycles. The quantitative estimate of drug-likeness (QED) is 0.150. The summed E-state index contributed by atoms with van der Waals surface area (Å²) in [5.41, 5.74) is 4.10. The number of benzene rings is 3. The van der Waals surface area contributed by atoms with Crippen LogP contribution in [0.1, 0.15) is 125 Å². The van der Waals surface area contributed by atoms with E-state index in [1.54, 1.807) is 0 Å². The van der Waals surface area contributed by atoms with E-state index in [-0.39, 0.29) is 30.2 Å². The highest BCUT2D eigenvalue weighted by Crippen LogP contribution is 2.52. The zero-order valence-electron chi connectivity index (χ0n) is 48.1. The molecular weight excluding hydrogens is 913 g/mol. The zero-order chi connectivity index (χ0) is 51.7. The molecule has 0 aromatic heterocycles. The van der Waals surface area contributed by atoms with Crippen molar-refractivity contribution < 1.29 is 26.6 Å². The Hall–Kier alpha value is -2.24. The van der Waals surface area contributed by atoms with Crippen LogP contribution in [0.4, 0.5) is 0 Å². The van der Waals surface area contributed by atoms with Crippen LogP contribution in [0.2, 0.25) is 109 Å². The Morgan fingerprint density at radius 2 is 0.409 bits per heavy atom. The third-order valence-electron chi connectivity index (χ3n) is 16.6. The molecule has 0 fully saturated rings. The first-order valence-electron chi connectivity index (χ1n) is 24.6. The molecule has 0 heterocycles. The minimum absolute atomic E-state index is 0.00764. The second kappa shape index (κ2) is 18.5. The van der Waals surface area contributed by atoms with E-state index in [4.69, 9.17) is 26.6 Å². The summed E-state index contributed by atoms with van der Waals surface area (Å²) >= 11 is 0. The van der Waals surface area contributed by atoms with Gasteiger partial charge in [-0.15, -0.1) is 0 Å². The molecule has 3 aromatic rings. The first kappa shape index (κ1) is 58.1. The van der Waals surface area contributed by atoms with Crippen LogP contribution in [-0.4, -0.2) is 49.9 Å². The Morgan fingerprint density at radius 1 is 0.242 bits per heavy atom. The van der Waals surface area contributed by atoms with Crippen LogP contribution in [0, 0.1) is 0 Å². The van der Waals surface area contributed by atoms with E-state index >= 15 is 0 Å². The standard InChI is InChI=1S/C54H98O6Si6/c1-49(2,3)61(19,20)55-43-33-31-39(35-45(43)57-63(23,24)51(7,8)9)41-37-47(59-65(27,28)53(13,14)15)48(60-66(29,30)54(16,17)18)38-42(41)40-32-34-44(56-62(21,22)50(4,5)6)46(36-40)58-64(25,26)52(10,11)12/h31-38H,1-30H3. The average Bonchev–Trinajstić information content (AvgIpc) is 3.06. The summed E-state index contributed by atoms with van der Waals surface area (Å²) in [5, 5.41) is -0.110. The molecule has 0 saturated carbocycles. The van der Waals surface area contributed by atoms with E-state index in [0.717, 1.165) is 56.8 Å². The van der Waals surface area contributed by atoms with E-state index in [1.807, 2.05) is 0 Å². The molecule has 0 bridgehead atoms. The molecule has 0 amide bonds. The largest absolute Gasteiger partial charge is 0.541 e. The Morgan fingerprint density at radius 3 is 0.591 bits per heavy atom. The third-order valence-corrected chi connectivity index (χ3v) is 42.7. The minimum Gasteiger partial charge on any atom is -0.541 e. The molecule has 374 valence electrons. The Bertz CT molecular complexity index is 2030. The Labute approximate surface area is 412 Å². The second-order valence-electron chi connectivity index (χ2n) is 28.3. The van der Waals surface area contributed by atoms with Gasteiger partial charge in [0.25, 0.3) is 49.9 Å². The number of hydrogen-bond acceptors (Lipinski definition) is 6. The lowest BCUT2D eigenvalue weighted by Crippen LogP contribution is -2.46. The van der Waals surface area contributed by atoms with Crippen LogP contribution in [0.5, 0.6) is 34.5 Å². The van der Waals surface area contributed by atoms with Gasteiger partial charge in [0.15, 0.2) is 0 Å². The minimum atomic E-state index is -2.36. The summed E-state index contributed by atoms with van der Waals surface area (Å²) < 4.78 is 43.7. The maximum absolute atomic E-state index is 7.38. The lowest BCUT2D eigenvalue weighted by atomic mass is 9.93. The van der Waals surface area contributed by atoms with Gasteiger partial charge in [0.05, 0.1) is 0 Å². The lowest BCUT2D eigenvalue weighted by molar-refractivity contribution is 0.440. The predicted molar refractivity (Wildman–Crippen MR) is 304 cm³/mol. The molecule has 0 radical (unpaired) electrons. The summed E-state index contributed by atoms with van der Waals surface area (Å²) in [5.74, 6) is 4.78. The van der Waals surface area contributed by atoms with Crippen molar-refractivity contribution in [2.45, 2.75) is 233 Å². The van der Waals surface area contributed by atoms with Crippen molar-refractivity contribution in [1.29, 1.82) is 0 Å². The zero-order valence-corrected chi connectivity index (χ0v) is 54.1. The van der Waals surface area contributed by atoms with Gasteiger partial charge in [-0.2, -0.15) is 0 Å². The van der Waals surface area contributed by atoms with Crippen molar-refractivity contribution in [1.82, 2.24) is 0 Å². The van der Waals surface area contributed by atoms with Crippen molar-refractivity contribution in [2.75, 3.05) is 0 Å². The van der Waals surface area contributed by atoms with Crippen LogP contribution in [0.15, 0.2) is 48.5 Å². The van der Waals surface area contributed by atoms with Gasteiger partial charge in [-0.1, -0.05) is 137 Å². The molecular formula is C54H98O6Si6. The van der Waals surface area contributed by atoms with Gasteiger partial charge >= 0.3 is 0 Å². The SMILES string of the molecule is CC(C)(C)[Si](C)(C)Oc1ccc(-c2cc(O[Si](C)(C)C(C)(C)C)c(O[Si](C)(C)C(C)(C)C)cc2-c2ccc(O[Si](C)(C)C(C)(C)C)c(O[Si](C)(C)C(C)(C)C)c2)cc1O[Si](C)(C)C(C)(C)C. The highest BCUT2D eigenvalue weighted by atomic mass is 28.4. The molecule has 6 nitrogen and oxygen atoms in total. The summed E-state index contributed by atoms with van der Waals surface area (Å²) in [6.07, 6.45) is 0. The molecule has 0 spiro atoms. The highest BCUT2D eigenvalue weighted by Gasteiger charge is 2.46. The van der Waals surface area contributed by atoms with Crippen molar-refractivity contribution in [3.63, 3.8) is 0 Å². The van der Waals surface area contributed by atoms with Crippen molar-refractivity contribution in [3.8, 4) is 56.8 Å². The van der Waals surface area contributed by atoms with E-state index in [2.05, 4.69) is 252 Å². The molecule has 12 heteroatoms. The molecule has 3 aromatic carbocycles. The lowest BCUT2D eigenvalue weighted by Gasteiger charge is -2.40. The fraction of sp³-hybridized carbons (Fsp3) is 0.667. The van der Waals surface area contributed by atoms with E-state index in [0.29, 0.717) is 0 Å². The van der Waals surface area contributed by atoms with Gasteiger partial charge in [-0.25, -0.2) is 0 Å². The molecule has 0 unspecified atom stereocenters. The summed E-state index contributed by atoms with van der Waals surface area (Å²) in [4.78, 5) is 0. The fourth-order valence-electron chi connectivity index (χ4n) is 5.44. The number of hydrogen-bond donors (Lipinski definition) is 0. The topological polar surface area (TPSA) is 55.4 Å². The highest BCUT2D eigenvalue weighted by molar-refractivity contribution is 6.77. The molecule has 66 heavy (non-hydrogen) atoms. The van der Waals surface area contributed by atoms with Crippen molar-refractivity contribution in [2.24, 2.45) is 0 Å². The average molecular weight is 1010 g/mol. The van der Waals surface area contributed by atoms with Crippen LogP contribution >= 0.6 is 0 Å². The Kier molecular flexibility index (Phi) is 16.3. The van der Waals surface area contributed by atoms with Gasteiger partial charge in [0.2, 0.25) is 0 Å². The molecule has 0 aliphatic carbocycles. The third kappa shape index (κ3) is 13.1. The predicted octanol–water partition coefficient (Wildman–Crippen LogP) is 19.3. The van der Waals surface area contributed by atoms with E-state index in [1.165, 1.54) is 0 Å². The molecule has 0 atom stereocenters. The monoisotopic (exact) mass is 1010 g/mol. The summed E-state index contributed by atoms with van der Waals surface area (Å²) in [6.45, 7) is 69.1. The first-order valence-corrected chi connectivity index (χ1v) is 42.0. The maximum Gasteiger partial charge on any atom is 0.250 e. The smallest absolute Gasteiger partial charge is 0.250 e. The van der Waals surface area contributed by atoms with Crippen LogP contribution < -0.4 is 26.6 Å². The van der Waals surface area contributed by atoms with Crippen molar-refractivity contribution >= 4 is 49.9 Å². The normalized spacial score (nSPS) is 14.5. The van der Waals surface area contributed by atoms with Gasteiger partial charge in [-0.05, 0) is 167 Å². The Balaban J connectivity index is 2.68. The molecule has 0 aliphatic heterocycles. The van der Waals surface area contributed by atoms with Gasteiger partial charge < -0.3 is 26.6 Å². The fourth-order valence-corrected chi connectivity index (χ4v) is 11.6. The maximum atomic E-state index is 7.38. The first-order chi connectivity index (χ1) is 29.0. The van der Waals surface area contributed by atoms with Gasteiger partial charge in [0, 0.05) is 0 Å². The molecule has 3 rings (SSSR count). The second-order valence-corrected chi connectivity index (χ2v) is 56.7. The van der Waals surface area contributed by atoms with Crippen LogP contribution in [0.3, 0.4) is 0 Å². The molecule has 0 aliphatic rings. The van der Waals surface area contributed by atoms with E-state index < -0.39 is 49.9 Å². The summed E-state index contributed by atoms with van der Waals surface area (Å²) in [6, 6.07) is 17.7. The van der Waals surface area contributed by atoms with Gasteiger partial charge in [0.1, 0.15) is 34.5 Å². The summed E-state index contributed by atoms with van der Waals surface area (Å²) in [7, 11) is -13.9. The molecule has 0 N–H and O–H groups in total. The van der Waals surface area contributed by atoms with Crippen LogP contribution in [0.25, 0.3) is 22.3 Å². The van der Waals surface area contributed by atoms with E-state index in [9.17, 15) is 0 Å².